The van der Waals surface area contributed by atoms with E-state index in [1.807, 2.05) is 0 Å². The van der Waals surface area contributed by atoms with E-state index in [9.17, 15) is 9.36 Å². The van der Waals surface area contributed by atoms with Crippen LogP contribution in [0.1, 0.15) is 19.3 Å². The van der Waals surface area contributed by atoms with Gasteiger partial charge in [-0.3, -0.25) is 0 Å². The smallest absolute Gasteiger partial charge is 0.503 e. The van der Waals surface area contributed by atoms with Crippen molar-refractivity contribution in [3.8, 4) is 0 Å². The summed E-state index contributed by atoms with van der Waals surface area (Å²) in [5.74, 6) is -0.443. The lowest BCUT2D eigenvalue weighted by Gasteiger charge is -2.07. The molecule has 1 aliphatic carbocycles. The zero-order chi connectivity index (χ0) is 15.7. The molecule has 21 heavy (non-hydrogen) atoms. The summed E-state index contributed by atoms with van der Waals surface area (Å²) in [7, 11) is 2.57. The standard InChI is InChI=1S/C14H22O6P/c1-17-7-8-20-21(16)10-11-5-4-6-12(11)13(9-18-2)14(15)19-3/h9H,4-8,10H2,1-3H3/q+1. The van der Waals surface area contributed by atoms with E-state index in [2.05, 4.69) is 0 Å². The van der Waals surface area contributed by atoms with Gasteiger partial charge in [0, 0.05) is 7.11 Å². The van der Waals surface area contributed by atoms with Gasteiger partial charge in [0.1, 0.15) is 6.61 Å². The molecule has 1 rings (SSSR count). The lowest BCUT2D eigenvalue weighted by molar-refractivity contribution is -0.136. The van der Waals surface area contributed by atoms with Gasteiger partial charge in [-0.25, -0.2) is 4.79 Å². The van der Waals surface area contributed by atoms with Gasteiger partial charge in [-0.2, -0.15) is 0 Å². The van der Waals surface area contributed by atoms with Crippen LogP contribution in [0.3, 0.4) is 0 Å². The van der Waals surface area contributed by atoms with Crippen molar-refractivity contribution in [3.63, 3.8) is 0 Å². The fourth-order valence-corrected chi connectivity index (χ4v) is 3.23. The second-order valence-electron chi connectivity index (χ2n) is 4.51. The largest absolute Gasteiger partial charge is 0.512 e. The Bertz CT molecular complexity index is 441. The lowest BCUT2D eigenvalue weighted by atomic mass is 10.0. The van der Waals surface area contributed by atoms with Gasteiger partial charge in [-0.1, -0.05) is 0 Å². The first kappa shape index (κ1) is 17.8. The van der Waals surface area contributed by atoms with Crippen LogP contribution in [0.5, 0.6) is 0 Å². The van der Waals surface area contributed by atoms with E-state index in [-0.39, 0.29) is 0 Å². The predicted octanol–water partition coefficient (Wildman–Crippen LogP) is 2.58. The van der Waals surface area contributed by atoms with Crippen molar-refractivity contribution >= 4 is 14.0 Å². The van der Waals surface area contributed by atoms with Crippen LogP contribution in [0.2, 0.25) is 0 Å². The summed E-state index contributed by atoms with van der Waals surface area (Å²) >= 11 is 0. The monoisotopic (exact) mass is 317 g/mol. The zero-order valence-electron chi connectivity index (χ0n) is 12.7. The van der Waals surface area contributed by atoms with Crippen molar-refractivity contribution < 1.29 is 28.1 Å². The molecule has 0 amide bonds. The van der Waals surface area contributed by atoms with E-state index in [4.69, 9.17) is 18.7 Å². The van der Waals surface area contributed by atoms with Gasteiger partial charge < -0.3 is 14.2 Å². The molecule has 0 fully saturated rings. The van der Waals surface area contributed by atoms with Gasteiger partial charge in [0.05, 0.1) is 32.7 Å². The minimum absolute atomic E-state index is 0.298. The maximum absolute atomic E-state index is 11.9. The topological polar surface area (TPSA) is 71.1 Å². The van der Waals surface area contributed by atoms with E-state index in [0.29, 0.717) is 24.9 Å². The van der Waals surface area contributed by atoms with E-state index in [0.717, 1.165) is 30.4 Å². The molecule has 0 N–H and O–H groups in total. The lowest BCUT2D eigenvalue weighted by Crippen LogP contribution is -2.08. The second kappa shape index (κ2) is 9.66. The number of carbonyl (C=O) groups is 1. The van der Waals surface area contributed by atoms with Gasteiger partial charge in [-0.15, -0.1) is 4.52 Å². The number of carbonyl (C=O) groups excluding carboxylic acids is 1. The Morgan fingerprint density at radius 1 is 1.24 bits per heavy atom. The molecule has 0 aliphatic heterocycles. The first-order chi connectivity index (χ1) is 10.1. The molecule has 0 saturated carbocycles. The average molecular weight is 317 g/mol. The highest BCUT2D eigenvalue weighted by molar-refractivity contribution is 7.39. The molecular formula is C14H22O6P+. The van der Waals surface area contributed by atoms with Crippen molar-refractivity contribution in [2.45, 2.75) is 19.3 Å². The predicted molar refractivity (Wildman–Crippen MR) is 78.3 cm³/mol. The number of methoxy groups -OCH3 is 3. The van der Waals surface area contributed by atoms with Crippen molar-refractivity contribution in [2.24, 2.45) is 0 Å². The highest BCUT2D eigenvalue weighted by Gasteiger charge is 2.29. The Kier molecular flexibility index (Phi) is 8.20. The second-order valence-corrected chi connectivity index (χ2v) is 5.75. The molecule has 0 aromatic carbocycles. The molecule has 1 atom stereocenters. The highest BCUT2D eigenvalue weighted by Crippen LogP contribution is 2.37. The molecule has 0 aromatic rings. The first-order valence-corrected chi connectivity index (χ1v) is 8.09. The van der Waals surface area contributed by atoms with E-state index in [1.165, 1.54) is 20.5 Å². The van der Waals surface area contributed by atoms with E-state index in [1.54, 1.807) is 7.11 Å². The Balaban J connectivity index is 2.79. The SMILES string of the molecule is COC=C(C(=O)OC)C1=C(C[P+](=O)OCCOC)CCC1. The Morgan fingerprint density at radius 3 is 2.62 bits per heavy atom. The maximum atomic E-state index is 11.9. The van der Waals surface area contributed by atoms with E-state index >= 15 is 0 Å². The molecule has 6 nitrogen and oxygen atoms in total. The minimum atomic E-state index is -1.80. The fourth-order valence-electron chi connectivity index (χ4n) is 2.20. The summed E-state index contributed by atoms with van der Waals surface area (Å²) in [6.45, 7) is 0.704. The van der Waals surface area contributed by atoms with Gasteiger partial charge >= 0.3 is 14.0 Å². The van der Waals surface area contributed by atoms with Gasteiger partial charge in [0.15, 0.2) is 6.16 Å². The Morgan fingerprint density at radius 2 is 2.00 bits per heavy atom. The molecule has 0 bridgehead atoms. The third-order valence-electron chi connectivity index (χ3n) is 3.14. The third-order valence-corrected chi connectivity index (χ3v) is 4.25. The van der Waals surface area contributed by atoms with Crippen LogP contribution >= 0.6 is 8.03 Å². The van der Waals surface area contributed by atoms with Gasteiger partial charge in [-0.05, 0) is 35.0 Å². The quantitative estimate of drug-likeness (QED) is 0.214. The molecule has 1 unspecified atom stereocenters. The normalized spacial score (nSPS) is 16.1. The fraction of sp³-hybridized carbons (Fsp3) is 0.643. The van der Waals surface area contributed by atoms with Crippen LogP contribution in [-0.2, 0) is 28.1 Å². The van der Waals surface area contributed by atoms with Crippen LogP contribution in [0.4, 0.5) is 0 Å². The van der Waals surface area contributed by atoms with Crippen molar-refractivity contribution in [1.82, 2.24) is 0 Å². The number of ether oxygens (including phenoxy) is 3. The molecule has 0 heterocycles. The summed E-state index contributed by atoms with van der Waals surface area (Å²) in [5.41, 5.74) is 2.23. The molecule has 118 valence electrons. The number of hydrogen-bond donors (Lipinski definition) is 0. The number of allylic oxidation sites excluding steroid dienone is 1. The summed E-state index contributed by atoms with van der Waals surface area (Å²) in [5, 5.41) is 0. The van der Waals surface area contributed by atoms with Crippen LogP contribution in [0.25, 0.3) is 0 Å². The number of hydrogen-bond acceptors (Lipinski definition) is 6. The maximum Gasteiger partial charge on any atom is 0.512 e. The van der Waals surface area contributed by atoms with Crippen molar-refractivity contribution in [1.29, 1.82) is 0 Å². The van der Waals surface area contributed by atoms with Crippen LogP contribution in [0, 0.1) is 0 Å². The third kappa shape index (κ3) is 5.58. The van der Waals surface area contributed by atoms with Crippen LogP contribution in [-0.4, -0.2) is 46.7 Å². The molecule has 0 radical (unpaired) electrons. The molecule has 0 aromatic heterocycles. The Labute approximate surface area is 126 Å². The first-order valence-electron chi connectivity index (χ1n) is 6.73. The number of rotatable bonds is 9. The summed E-state index contributed by atoms with van der Waals surface area (Å²) in [6.07, 6.45) is 4.19. The molecular weight excluding hydrogens is 295 g/mol. The van der Waals surface area contributed by atoms with Crippen molar-refractivity contribution in [3.05, 3.63) is 23.0 Å². The van der Waals surface area contributed by atoms with Crippen molar-refractivity contribution in [2.75, 3.05) is 40.7 Å². The Hall–Kier alpha value is -1.23. The summed E-state index contributed by atoms with van der Waals surface area (Å²) < 4.78 is 31.7. The molecule has 1 aliphatic rings. The molecule has 7 heteroatoms. The van der Waals surface area contributed by atoms with E-state index < -0.39 is 14.0 Å². The average Bonchev–Trinajstić information content (AvgIpc) is 2.92. The highest BCUT2D eigenvalue weighted by atomic mass is 31.1. The minimum Gasteiger partial charge on any atom is -0.503 e. The molecule has 0 spiro atoms. The zero-order valence-corrected chi connectivity index (χ0v) is 13.6. The van der Waals surface area contributed by atoms with Crippen LogP contribution < -0.4 is 0 Å². The number of esters is 1. The van der Waals surface area contributed by atoms with Crippen LogP contribution in [0.15, 0.2) is 23.0 Å². The summed E-state index contributed by atoms with van der Waals surface area (Å²) in [6, 6.07) is 0. The molecule has 0 saturated heterocycles. The van der Waals surface area contributed by atoms with Gasteiger partial charge in [0.2, 0.25) is 0 Å². The summed E-state index contributed by atoms with van der Waals surface area (Å²) in [4.78, 5) is 11.8. The van der Waals surface area contributed by atoms with Gasteiger partial charge in [0.25, 0.3) is 0 Å².